The van der Waals surface area contributed by atoms with Gasteiger partial charge in [-0.2, -0.15) is 5.26 Å². The molecule has 96 valence electrons. The molecule has 0 N–H and O–H groups in total. The van der Waals surface area contributed by atoms with Crippen LogP contribution in [0.5, 0.6) is 0 Å². The average molecular weight is 264 g/mol. The molecule has 1 aromatic carbocycles. The Kier molecular flexibility index (Phi) is 3.69. The third kappa shape index (κ3) is 2.89. The van der Waals surface area contributed by atoms with Gasteiger partial charge in [0.25, 0.3) is 0 Å². The van der Waals surface area contributed by atoms with Crippen molar-refractivity contribution < 1.29 is 8.42 Å². The molecule has 1 unspecified atom stereocenters. The van der Waals surface area contributed by atoms with Gasteiger partial charge < -0.3 is 0 Å². The van der Waals surface area contributed by atoms with Gasteiger partial charge in [-0.3, -0.25) is 0 Å². The number of nitriles is 1. The molecule has 2 rings (SSSR count). The smallest absolute Gasteiger partial charge is 0.212 e. The van der Waals surface area contributed by atoms with Gasteiger partial charge in [-0.05, 0) is 30.0 Å². The highest BCUT2D eigenvalue weighted by Gasteiger charge is 2.29. The van der Waals surface area contributed by atoms with E-state index in [4.69, 9.17) is 5.26 Å². The standard InChI is InChI=1S/C13H16N2O2S/c1-11-6-7-15(9-11)18(16,17)10-13-4-2-12(8-14)3-5-13/h2-5,11H,6-7,9-10H2,1H3. The minimum Gasteiger partial charge on any atom is -0.212 e. The van der Waals surface area contributed by atoms with Crippen LogP contribution in [0.4, 0.5) is 0 Å². The molecule has 4 nitrogen and oxygen atoms in total. The summed E-state index contributed by atoms with van der Waals surface area (Å²) >= 11 is 0. The monoisotopic (exact) mass is 264 g/mol. The van der Waals surface area contributed by atoms with E-state index in [1.165, 1.54) is 0 Å². The largest absolute Gasteiger partial charge is 0.218 e. The maximum Gasteiger partial charge on any atom is 0.218 e. The summed E-state index contributed by atoms with van der Waals surface area (Å²) in [7, 11) is -3.22. The highest BCUT2D eigenvalue weighted by Crippen LogP contribution is 2.21. The van der Waals surface area contributed by atoms with E-state index in [2.05, 4.69) is 6.92 Å². The molecular formula is C13H16N2O2S. The summed E-state index contributed by atoms with van der Waals surface area (Å²) in [6.07, 6.45) is 0.937. The molecule has 0 spiro atoms. The number of hydrogen-bond donors (Lipinski definition) is 0. The quantitative estimate of drug-likeness (QED) is 0.835. The van der Waals surface area contributed by atoms with Crippen molar-refractivity contribution in [1.82, 2.24) is 4.31 Å². The zero-order chi connectivity index (χ0) is 13.2. The van der Waals surface area contributed by atoms with Crippen molar-refractivity contribution in [2.24, 2.45) is 5.92 Å². The van der Waals surface area contributed by atoms with Crippen LogP contribution in [0.1, 0.15) is 24.5 Å². The lowest BCUT2D eigenvalue weighted by atomic mass is 10.2. The second-order valence-electron chi connectivity index (χ2n) is 4.82. The van der Waals surface area contributed by atoms with Gasteiger partial charge in [-0.1, -0.05) is 19.1 Å². The lowest BCUT2D eigenvalue weighted by molar-refractivity contribution is 0.463. The van der Waals surface area contributed by atoms with Crippen LogP contribution >= 0.6 is 0 Å². The Hall–Kier alpha value is -1.38. The molecular weight excluding hydrogens is 248 g/mol. The molecule has 18 heavy (non-hydrogen) atoms. The summed E-state index contributed by atoms with van der Waals surface area (Å²) in [6.45, 7) is 3.32. The van der Waals surface area contributed by atoms with Crippen molar-refractivity contribution in [1.29, 1.82) is 5.26 Å². The van der Waals surface area contributed by atoms with Crippen molar-refractivity contribution in [2.45, 2.75) is 19.1 Å². The molecule has 0 radical (unpaired) electrons. The van der Waals surface area contributed by atoms with Gasteiger partial charge in [0.05, 0.1) is 17.4 Å². The number of sulfonamides is 1. The summed E-state index contributed by atoms with van der Waals surface area (Å²) in [5.74, 6) is 0.464. The van der Waals surface area contributed by atoms with Crippen LogP contribution in [-0.2, 0) is 15.8 Å². The topological polar surface area (TPSA) is 61.2 Å². The lowest BCUT2D eigenvalue weighted by Gasteiger charge is -2.15. The first kappa shape index (κ1) is 13.1. The summed E-state index contributed by atoms with van der Waals surface area (Å²) < 4.78 is 25.9. The third-order valence-corrected chi connectivity index (χ3v) is 5.03. The van der Waals surface area contributed by atoms with Crippen LogP contribution < -0.4 is 0 Å². The Balaban J connectivity index is 2.10. The van der Waals surface area contributed by atoms with Gasteiger partial charge in [-0.15, -0.1) is 0 Å². The maximum absolute atomic E-state index is 12.2. The van der Waals surface area contributed by atoms with Crippen molar-refractivity contribution in [2.75, 3.05) is 13.1 Å². The van der Waals surface area contributed by atoms with E-state index in [0.29, 0.717) is 24.6 Å². The normalized spacial score (nSPS) is 20.8. The highest BCUT2D eigenvalue weighted by molar-refractivity contribution is 7.88. The Morgan fingerprint density at radius 3 is 2.56 bits per heavy atom. The van der Waals surface area contributed by atoms with Gasteiger partial charge in [0.15, 0.2) is 0 Å². The zero-order valence-corrected chi connectivity index (χ0v) is 11.2. The number of hydrogen-bond acceptors (Lipinski definition) is 3. The summed E-state index contributed by atoms with van der Waals surface area (Å²) in [5.41, 5.74) is 1.28. The van der Waals surface area contributed by atoms with Crippen LogP contribution in [0.3, 0.4) is 0 Å². The van der Waals surface area contributed by atoms with Crippen LogP contribution in [0.15, 0.2) is 24.3 Å². The van der Waals surface area contributed by atoms with E-state index in [1.807, 2.05) is 6.07 Å². The molecule has 1 saturated heterocycles. The average Bonchev–Trinajstić information content (AvgIpc) is 2.77. The predicted molar refractivity (Wildman–Crippen MR) is 69.1 cm³/mol. The van der Waals surface area contributed by atoms with Crippen molar-refractivity contribution in [3.63, 3.8) is 0 Å². The van der Waals surface area contributed by atoms with Gasteiger partial charge >= 0.3 is 0 Å². The molecule has 0 bridgehead atoms. The number of nitrogens with zero attached hydrogens (tertiary/aromatic N) is 2. The first-order valence-electron chi connectivity index (χ1n) is 5.98. The third-order valence-electron chi connectivity index (χ3n) is 3.21. The summed E-state index contributed by atoms with van der Waals surface area (Å²) in [5, 5.41) is 8.69. The number of benzene rings is 1. The van der Waals surface area contributed by atoms with Crippen molar-refractivity contribution in [3.8, 4) is 6.07 Å². The van der Waals surface area contributed by atoms with Gasteiger partial charge in [0.2, 0.25) is 10.0 Å². The summed E-state index contributed by atoms with van der Waals surface area (Å²) in [4.78, 5) is 0. The molecule has 1 aromatic rings. The van der Waals surface area contributed by atoms with E-state index in [0.717, 1.165) is 12.0 Å². The molecule has 0 saturated carbocycles. The molecule has 1 aliphatic heterocycles. The first-order chi connectivity index (χ1) is 8.51. The molecule has 0 amide bonds. The lowest BCUT2D eigenvalue weighted by Crippen LogP contribution is -2.29. The molecule has 1 heterocycles. The highest BCUT2D eigenvalue weighted by atomic mass is 32.2. The minimum atomic E-state index is -3.22. The van der Waals surface area contributed by atoms with Crippen molar-refractivity contribution >= 4 is 10.0 Å². The van der Waals surface area contributed by atoms with Gasteiger partial charge in [0, 0.05) is 13.1 Å². The molecule has 1 atom stereocenters. The summed E-state index contributed by atoms with van der Waals surface area (Å²) in [6, 6.07) is 8.73. The van der Waals surface area contributed by atoms with Crippen LogP contribution in [-0.4, -0.2) is 25.8 Å². The van der Waals surface area contributed by atoms with Crippen LogP contribution in [0.2, 0.25) is 0 Å². The molecule has 0 aliphatic carbocycles. The zero-order valence-electron chi connectivity index (χ0n) is 10.3. The Morgan fingerprint density at radius 2 is 2.06 bits per heavy atom. The predicted octanol–water partition coefficient (Wildman–Crippen LogP) is 1.73. The van der Waals surface area contributed by atoms with Crippen LogP contribution in [0.25, 0.3) is 0 Å². The van der Waals surface area contributed by atoms with E-state index in [-0.39, 0.29) is 5.75 Å². The second kappa shape index (κ2) is 5.09. The molecule has 0 aromatic heterocycles. The van der Waals surface area contributed by atoms with Gasteiger partial charge in [0.1, 0.15) is 0 Å². The maximum atomic E-state index is 12.2. The fourth-order valence-electron chi connectivity index (χ4n) is 2.12. The second-order valence-corrected chi connectivity index (χ2v) is 6.79. The first-order valence-corrected chi connectivity index (χ1v) is 7.59. The van der Waals surface area contributed by atoms with E-state index in [1.54, 1.807) is 28.6 Å². The Labute approximate surface area is 108 Å². The van der Waals surface area contributed by atoms with E-state index in [9.17, 15) is 8.42 Å². The number of rotatable bonds is 3. The van der Waals surface area contributed by atoms with Gasteiger partial charge in [-0.25, -0.2) is 12.7 Å². The van der Waals surface area contributed by atoms with Crippen molar-refractivity contribution in [3.05, 3.63) is 35.4 Å². The van der Waals surface area contributed by atoms with Crippen LogP contribution in [0, 0.1) is 17.2 Å². The molecule has 1 fully saturated rings. The fraction of sp³-hybridized carbons (Fsp3) is 0.462. The minimum absolute atomic E-state index is 0.0193. The Bertz CT molecular complexity index is 558. The molecule has 1 aliphatic rings. The fourth-order valence-corrected chi connectivity index (χ4v) is 3.79. The SMILES string of the molecule is CC1CCN(S(=O)(=O)Cc2ccc(C#N)cc2)C1. The van der Waals surface area contributed by atoms with E-state index >= 15 is 0 Å². The Morgan fingerprint density at radius 1 is 1.39 bits per heavy atom. The molecule has 5 heteroatoms. The van der Waals surface area contributed by atoms with E-state index < -0.39 is 10.0 Å².